The van der Waals surface area contributed by atoms with Crippen molar-refractivity contribution < 1.29 is 28.6 Å². The number of rotatable bonds is 7. The van der Waals surface area contributed by atoms with Crippen LogP contribution in [0.5, 0.6) is 0 Å². The number of carbonyl (C=O) groups excluding carboxylic acids is 3. The van der Waals surface area contributed by atoms with E-state index in [9.17, 15) is 19.5 Å². The molecular weight excluding hydrogens is 440 g/mol. The number of esters is 1. The average molecular weight is 466 g/mol. The van der Waals surface area contributed by atoms with Crippen molar-refractivity contribution in [3.05, 3.63) is 70.5 Å². The van der Waals surface area contributed by atoms with E-state index in [4.69, 9.17) is 9.15 Å². The maximum atomic E-state index is 13.2. The smallest absolute Gasteiger partial charge is 0.354 e. The van der Waals surface area contributed by atoms with Crippen molar-refractivity contribution in [1.29, 1.82) is 0 Å². The fraction of sp³-hybridized carbons (Fsp3) is 0.333. The number of ether oxygens (including phenoxy) is 1. The number of likely N-dealkylation sites (tertiary alicyclic amines) is 1. The molecular formula is C24H26N4O6. The Morgan fingerprint density at radius 3 is 2.62 bits per heavy atom. The highest BCUT2D eigenvalue weighted by Crippen LogP contribution is 2.41. The number of aromatic amines is 1. The van der Waals surface area contributed by atoms with E-state index >= 15 is 0 Å². The molecule has 1 aliphatic heterocycles. The number of H-pyrrole nitrogens is 1. The number of nitrogens with zero attached hydrogens (tertiary/aromatic N) is 3. The van der Waals surface area contributed by atoms with E-state index in [1.807, 2.05) is 10.8 Å². The molecule has 0 aliphatic carbocycles. The van der Waals surface area contributed by atoms with E-state index in [0.717, 1.165) is 0 Å². The van der Waals surface area contributed by atoms with Crippen molar-refractivity contribution in [3.8, 4) is 0 Å². The van der Waals surface area contributed by atoms with Crippen molar-refractivity contribution in [2.75, 3.05) is 13.7 Å². The standard InChI is InChI=1S/C24H26N4O6/c1-13-6-7-16(34-13)20-18(21(29)17-14(2)19(24(32)33-4)26-15(17)3)22(30)23(31)28(20)10-5-9-27-11-8-25-12-27/h6-8,11-12,20,26,29H,5,9-10H2,1-4H3/b21-18+/t20-/m0/s1. The monoisotopic (exact) mass is 466 g/mol. The van der Waals surface area contributed by atoms with Gasteiger partial charge in [-0.25, -0.2) is 9.78 Å². The third-order valence-electron chi connectivity index (χ3n) is 6.01. The van der Waals surface area contributed by atoms with Crippen molar-refractivity contribution in [3.63, 3.8) is 0 Å². The van der Waals surface area contributed by atoms with Gasteiger partial charge >= 0.3 is 5.97 Å². The predicted molar refractivity (Wildman–Crippen MR) is 121 cm³/mol. The number of amides is 1. The zero-order chi connectivity index (χ0) is 24.6. The summed E-state index contributed by atoms with van der Waals surface area (Å²) in [4.78, 5) is 46.7. The molecule has 10 heteroatoms. The fourth-order valence-corrected chi connectivity index (χ4v) is 4.40. The van der Waals surface area contributed by atoms with Crippen LogP contribution in [0.25, 0.3) is 5.76 Å². The minimum absolute atomic E-state index is 0.0800. The number of imidazole rings is 1. The maximum Gasteiger partial charge on any atom is 0.354 e. The van der Waals surface area contributed by atoms with Gasteiger partial charge in [-0.15, -0.1) is 0 Å². The lowest BCUT2D eigenvalue weighted by Crippen LogP contribution is -2.31. The van der Waals surface area contributed by atoms with Crippen LogP contribution in [0.3, 0.4) is 0 Å². The van der Waals surface area contributed by atoms with Gasteiger partial charge in [0.15, 0.2) is 0 Å². The van der Waals surface area contributed by atoms with Crippen LogP contribution in [-0.2, 0) is 20.9 Å². The maximum absolute atomic E-state index is 13.2. The minimum Gasteiger partial charge on any atom is -0.507 e. The molecule has 1 amide bonds. The van der Waals surface area contributed by atoms with Crippen molar-refractivity contribution >= 4 is 23.4 Å². The van der Waals surface area contributed by atoms with Crippen LogP contribution in [0.4, 0.5) is 0 Å². The summed E-state index contributed by atoms with van der Waals surface area (Å²) in [6.07, 6.45) is 5.73. The molecule has 0 bridgehead atoms. The van der Waals surface area contributed by atoms with Gasteiger partial charge in [-0.05, 0) is 44.9 Å². The lowest BCUT2D eigenvalue weighted by molar-refractivity contribution is -0.140. The minimum atomic E-state index is -0.897. The fourth-order valence-electron chi connectivity index (χ4n) is 4.40. The summed E-state index contributed by atoms with van der Waals surface area (Å²) < 4.78 is 12.5. The number of aryl methyl sites for hydroxylation is 3. The summed E-state index contributed by atoms with van der Waals surface area (Å²) in [7, 11) is 1.26. The van der Waals surface area contributed by atoms with Gasteiger partial charge in [-0.1, -0.05) is 0 Å². The molecule has 1 aliphatic rings. The van der Waals surface area contributed by atoms with E-state index in [2.05, 4.69) is 9.97 Å². The molecule has 2 N–H and O–H groups in total. The van der Waals surface area contributed by atoms with E-state index in [0.29, 0.717) is 35.7 Å². The summed E-state index contributed by atoms with van der Waals surface area (Å²) in [5.74, 6) is -1.50. The molecule has 0 unspecified atom stereocenters. The number of aliphatic hydroxyl groups is 1. The third-order valence-corrected chi connectivity index (χ3v) is 6.01. The van der Waals surface area contributed by atoms with Crippen LogP contribution in [-0.4, -0.2) is 55.9 Å². The molecule has 0 spiro atoms. The largest absolute Gasteiger partial charge is 0.507 e. The number of hydrogen-bond acceptors (Lipinski definition) is 7. The van der Waals surface area contributed by atoms with Crippen LogP contribution in [0.2, 0.25) is 0 Å². The molecule has 0 saturated carbocycles. The summed E-state index contributed by atoms with van der Waals surface area (Å²) in [5, 5.41) is 11.3. The normalized spacial score (nSPS) is 17.5. The number of methoxy groups -OCH3 is 1. The second-order valence-corrected chi connectivity index (χ2v) is 8.21. The molecule has 1 saturated heterocycles. The zero-order valence-electron chi connectivity index (χ0n) is 19.4. The van der Waals surface area contributed by atoms with Crippen LogP contribution in [0.15, 0.2) is 40.8 Å². The Morgan fingerprint density at radius 1 is 1.24 bits per heavy atom. The van der Waals surface area contributed by atoms with Crippen LogP contribution in [0, 0.1) is 20.8 Å². The third kappa shape index (κ3) is 3.91. The highest BCUT2D eigenvalue weighted by Gasteiger charge is 2.47. The summed E-state index contributed by atoms with van der Waals surface area (Å²) >= 11 is 0. The molecule has 3 aromatic rings. The van der Waals surface area contributed by atoms with E-state index < -0.39 is 23.7 Å². The Morgan fingerprint density at radius 2 is 2.00 bits per heavy atom. The van der Waals surface area contributed by atoms with Gasteiger partial charge in [-0.2, -0.15) is 0 Å². The number of ketones is 1. The molecule has 4 rings (SSSR count). The number of carbonyl (C=O) groups is 3. The first-order chi connectivity index (χ1) is 16.2. The SMILES string of the molecule is COC(=O)c1[nH]c(C)c(/C(O)=C2\C(=O)C(=O)N(CCCn3ccnc3)[C@H]2c2ccc(C)o2)c1C. The van der Waals surface area contributed by atoms with Crippen molar-refractivity contribution in [2.24, 2.45) is 0 Å². The van der Waals surface area contributed by atoms with E-state index in [1.54, 1.807) is 45.4 Å². The second kappa shape index (κ2) is 9.05. The van der Waals surface area contributed by atoms with Gasteiger partial charge in [0.25, 0.3) is 11.7 Å². The highest BCUT2D eigenvalue weighted by atomic mass is 16.5. The van der Waals surface area contributed by atoms with Gasteiger partial charge in [0.05, 0.1) is 19.0 Å². The number of aliphatic hydroxyl groups excluding tert-OH is 1. The molecule has 34 heavy (non-hydrogen) atoms. The lowest BCUT2D eigenvalue weighted by Gasteiger charge is -2.23. The quantitative estimate of drug-likeness (QED) is 0.237. The van der Waals surface area contributed by atoms with Crippen molar-refractivity contribution in [1.82, 2.24) is 19.4 Å². The summed E-state index contributed by atoms with van der Waals surface area (Å²) in [6.45, 7) is 5.94. The lowest BCUT2D eigenvalue weighted by atomic mass is 9.97. The van der Waals surface area contributed by atoms with Gasteiger partial charge in [0.2, 0.25) is 0 Å². The van der Waals surface area contributed by atoms with Crippen LogP contribution < -0.4 is 0 Å². The predicted octanol–water partition coefficient (Wildman–Crippen LogP) is 3.03. The number of Topliss-reactive ketones (excluding diaryl/α,β-unsaturated/α-hetero) is 1. The molecule has 0 aromatic carbocycles. The first kappa shape index (κ1) is 23.1. The van der Waals surface area contributed by atoms with Crippen molar-refractivity contribution in [2.45, 2.75) is 39.8 Å². The Balaban J connectivity index is 1.78. The number of nitrogens with one attached hydrogen (secondary N) is 1. The van der Waals surface area contributed by atoms with Gasteiger partial charge < -0.3 is 28.7 Å². The summed E-state index contributed by atoms with van der Waals surface area (Å²) in [6, 6.07) is 2.54. The Hall–Kier alpha value is -4.08. The van der Waals surface area contributed by atoms with Crippen LogP contribution >= 0.6 is 0 Å². The summed E-state index contributed by atoms with van der Waals surface area (Å²) in [5.41, 5.74) is 1.26. The first-order valence-electron chi connectivity index (χ1n) is 10.8. The van der Waals surface area contributed by atoms with Crippen LogP contribution in [0.1, 0.15) is 51.3 Å². The number of aromatic nitrogens is 3. The topological polar surface area (TPSA) is 131 Å². The Bertz CT molecular complexity index is 1280. The van der Waals surface area contributed by atoms with E-state index in [-0.39, 0.29) is 29.1 Å². The molecule has 4 heterocycles. The number of hydrogen-bond donors (Lipinski definition) is 2. The van der Waals surface area contributed by atoms with Gasteiger partial charge in [0, 0.05) is 36.7 Å². The van der Waals surface area contributed by atoms with Gasteiger partial charge in [0.1, 0.15) is 29.0 Å². The zero-order valence-corrected chi connectivity index (χ0v) is 19.4. The highest BCUT2D eigenvalue weighted by molar-refractivity contribution is 6.46. The van der Waals surface area contributed by atoms with E-state index in [1.165, 1.54) is 12.0 Å². The number of furan rings is 1. The Labute approximate surface area is 195 Å². The molecule has 1 fully saturated rings. The molecule has 3 aromatic heterocycles. The first-order valence-corrected chi connectivity index (χ1v) is 10.8. The average Bonchev–Trinajstić information content (AvgIpc) is 3.58. The Kier molecular flexibility index (Phi) is 6.14. The molecule has 1 atom stereocenters. The second-order valence-electron chi connectivity index (χ2n) is 8.21. The molecule has 0 radical (unpaired) electrons. The molecule has 178 valence electrons. The van der Waals surface area contributed by atoms with Gasteiger partial charge in [-0.3, -0.25) is 9.59 Å². The molecule has 10 nitrogen and oxygen atoms in total.